The molecule has 2 rings (SSSR count). The van der Waals surface area contributed by atoms with Gasteiger partial charge in [-0.25, -0.2) is 19.5 Å². The van der Waals surface area contributed by atoms with Crippen molar-refractivity contribution < 1.29 is 37.0 Å². The fraction of sp³-hybridized carbons (Fsp3) is 0.452. The number of hydrogen-bond acceptors (Lipinski definition) is 7. The molecule has 0 fully saturated rings. The van der Waals surface area contributed by atoms with Crippen LogP contribution in [-0.4, -0.2) is 53.2 Å². The molecule has 0 radical (unpaired) electrons. The standard InChI is InChI=1S/C31H38F3N3O5/c1-11-13-18-36(10)26-20(3)25(21-14-16-22(17-15-21)40-31(32,33)34)35-24(23(26)12-2)19-37(27(38)41-29(4,5)6)28(39)42-30(7,8)9/h12,14-17H,2,18-19H2,1,3-10H3. The van der Waals surface area contributed by atoms with Gasteiger partial charge < -0.3 is 19.1 Å². The largest absolute Gasteiger partial charge is 0.573 e. The molecule has 1 heterocycles. The van der Waals surface area contributed by atoms with Crippen LogP contribution in [0, 0.1) is 18.8 Å². The van der Waals surface area contributed by atoms with Crippen LogP contribution in [-0.2, 0) is 16.0 Å². The number of pyridine rings is 1. The van der Waals surface area contributed by atoms with Crippen LogP contribution in [0.3, 0.4) is 0 Å². The van der Waals surface area contributed by atoms with Gasteiger partial charge in [0.25, 0.3) is 0 Å². The Hall–Kier alpha value is -4.20. The van der Waals surface area contributed by atoms with E-state index in [0.717, 1.165) is 4.90 Å². The van der Waals surface area contributed by atoms with Gasteiger partial charge in [0.2, 0.25) is 0 Å². The average molecular weight is 590 g/mol. The molecule has 0 N–H and O–H groups in total. The quantitative estimate of drug-likeness (QED) is 0.306. The highest BCUT2D eigenvalue weighted by atomic mass is 19.4. The van der Waals surface area contributed by atoms with Gasteiger partial charge in [-0.3, -0.25) is 0 Å². The molecule has 0 saturated heterocycles. The Morgan fingerprint density at radius 3 is 1.95 bits per heavy atom. The highest BCUT2D eigenvalue weighted by molar-refractivity contribution is 5.88. The minimum absolute atomic E-state index is 0.282. The summed E-state index contributed by atoms with van der Waals surface area (Å²) in [5.74, 6) is 5.46. The van der Waals surface area contributed by atoms with Crippen LogP contribution in [0.4, 0.5) is 28.4 Å². The zero-order chi connectivity index (χ0) is 32.0. The van der Waals surface area contributed by atoms with E-state index in [1.165, 1.54) is 24.3 Å². The lowest BCUT2D eigenvalue weighted by atomic mass is 9.98. The summed E-state index contributed by atoms with van der Waals surface area (Å²) in [5.41, 5.74) is 1.24. The number of alkyl halides is 3. The van der Waals surface area contributed by atoms with E-state index < -0.39 is 29.8 Å². The molecule has 0 atom stereocenters. The fourth-order valence-corrected chi connectivity index (χ4v) is 3.92. The second-order valence-corrected chi connectivity index (χ2v) is 11.4. The lowest BCUT2D eigenvalue weighted by Gasteiger charge is -2.30. The number of nitrogens with zero attached hydrogens (tertiary/aromatic N) is 3. The summed E-state index contributed by atoms with van der Waals surface area (Å²) in [6.45, 7) is 17.5. The van der Waals surface area contributed by atoms with Gasteiger partial charge in [0, 0.05) is 18.2 Å². The van der Waals surface area contributed by atoms with Crippen LogP contribution < -0.4 is 9.64 Å². The van der Waals surface area contributed by atoms with Gasteiger partial charge in [0.05, 0.1) is 30.2 Å². The van der Waals surface area contributed by atoms with E-state index >= 15 is 0 Å². The van der Waals surface area contributed by atoms with Crippen LogP contribution in [0.1, 0.15) is 65.3 Å². The van der Waals surface area contributed by atoms with Crippen molar-refractivity contribution in [3.05, 3.63) is 47.7 Å². The fourth-order valence-electron chi connectivity index (χ4n) is 3.92. The summed E-state index contributed by atoms with van der Waals surface area (Å²) in [6.07, 6.45) is -5.14. The Balaban J connectivity index is 2.78. The molecular formula is C31H38F3N3O5. The van der Waals surface area contributed by atoms with E-state index in [4.69, 9.17) is 14.5 Å². The van der Waals surface area contributed by atoms with Crippen molar-refractivity contribution >= 4 is 23.9 Å². The molecule has 1 aromatic carbocycles. The van der Waals surface area contributed by atoms with Gasteiger partial charge in [0.1, 0.15) is 17.0 Å². The average Bonchev–Trinajstić information content (AvgIpc) is 2.83. The molecule has 0 unspecified atom stereocenters. The molecule has 0 spiro atoms. The number of ether oxygens (including phenoxy) is 3. The zero-order valence-electron chi connectivity index (χ0n) is 25.5. The first-order chi connectivity index (χ1) is 19.3. The van der Waals surface area contributed by atoms with Crippen LogP contribution >= 0.6 is 0 Å². The summed E-state index contributed by atoms with van der Waals surface area (Å²) in [6, 6.07) is 5.27. The van der Waals surface area contributed by atoms with Crippen molar-refractivity contribution in [1.82, 2.24) is 9.88 Å². The SMILES string of the molecule is C=Cc1c(CN(C(=O)OC(C)(C)C)C(=O)OC(C)(C)C)nc(-c2ccc(OC(F)(F)F)cc2)c(C)c1N(C)CC#CC. The van der Waals surface area contributed by atoms with Crippen LogP contribution in [0.5, 0.6) is 5.75 Å². The molecule has 0 saturated carbocycles. The third-order valence-electron chi connectivity index (χ3n) is 5.50. The molecule has 2 amide bonds. The van der Waals surface area contributed by atoms with Gasteiger partial charge in [-0.1, -0.05) is 18.6 Å². The molecule has 42 heavy (non-hydrogen) atoms. The van der Waals surface area contributed by atoms with Crippen molar-refractivity contribution in [3.63, 3.8) is 0 Å². The summed E-state index contributed by atoms with van der Waals surface area (Å²) in [7, 11) is 1.81. The second kappa shape index (κ2) is 13.2. The van der Waals surface area contributed by atoms with Gasteiger partial charge in [-0.2, -0.15) is 0 Å². The van der Waals surface area contributed by atoms with E-state index in [9.17, 15) is 22.8 Å². The molecule has 0 aliphatic carbocycles. The predicted octanol–water partition coefficient (Wildman–Crippen LogP) is 7.73. The second-order valence-electron chi connectivity index (χ2n) is 11.4. The van der Waals surface area contributed by atoms with E-state index in [2.05, 4.69) is 23.2 Å². The smallest absolute Gasteiger partial charge is 0.443 e. The Labute approximate surface area is 245 Å². The summed E-state index contributed by atoms with van der Waals surface area (Å²) in [5, 5.41) is 0. The third kappa shape index (κ3) is 9.72. The van der Waals surface area contributed by atoms with Crippen molar-refractivity contribution in [2.75, 3.05) is 18.5 Å². The molecule has 11 heteroatoms. The molecule has 2 aromatic rings. The van der Waals surface area contributed by atoms with Crippen molar-refractivity contribution in [2.45, 2.75) is 79.5 Å². The summed E-state index contributed by atoms with van der Waals surface area (Å²) in [4.78, 5) is 33.9. The number of carbonyl (C=O) groups is 2. The van der Waals surface area contributed by atoms with Crippen LogP contribution in [0.25, 0.3) is 17.3 Å². The maximum Gasteiger partial charge on any atom is 0.573 e. The number of amides is 2. The maximum atomic E-state index is 13.2. The topological polar surface area (TPSA) is 81.2 Å². The normalized spacial score (nSPS) is 11.6. The Morgan fingerprint density at radius 1 is 1.00 bits per heavy atom. The number of carbonyl (C=O) groups excluding carboxylic acids is 2. The number of benzene rings is 1. The number of hydrogen-bond donors (Lipinski definition) is 0. The zero-order valence-corrected chi connectivity index (χ0v) is 25.5. The van der Waals surface area contributed by atoms with Crippen LogP contribution in [0.15, 0.2) is 30.8 Å². The molecule has 0 bridgehead atoms. The van der Waals surface area contributed by atoms with Gasteiger partial charge >= 0.3 is 18.5 Å². The van der Waals surface area contributed by atoms with Crippen LogP contribution in [0.2, 0.25) is 0 Å². The van der Waals surface area contributed by atoms with Crippen molar-refractivity contribution in [1.29, 1.82) is 0 Å². The Bertz CT molecular complexity index is 1330. The molecular weight excluding hydrogens is 551 g/mol. The first-order valence-electron chi connectivity index (χ1n) is 13.1. The number of halogens is 3. The predicted molar refractivity (Wildman–Crippen MR) is 156 cm³/mol. The monoisotopic (exact) mass is 589 g/mol. The molecule has 1 aromatic heterocycles. The number of aromatic nitrogens is 1. The van der Waals surface area contributed by atoms with Crippen molar-refractivity contribution in [3.8, 4) is 28.8 Å². The number of imide groups is 1. The summed E-state index contributed by atoms with van der Waals surface area (Å²) < 4.78 is 53.2. The third-order valence-corrected chi connectivity index (χ3v) is 5.50. The Morgan fingerprint density at radius 2 is 1.52 bits per heavy atom. The molecule has 0 aliphatic rings. The summed E-state index contributed by atoms with van der Waals surface area (Å²) >= 11 is 0. The molecule has 8 nitrogen and oxygen atoms in total. The molecule has 0 aliphatic heterocycles. The minimum Gasteiger partial charge on any atom is -0.443 e. The van der Waals surface area contributed by atoms with Gasteiger partial charge in [-0.05, 0) is 85.2 Å². The van der Waals surface area contributed by atoms with E-state index in [1.54, 1.807) is 54.5 Å². The first-order valence-corrected chi connectivity index (χ1v) is 13.1. The Kier molecular flexibility index (Phi) is 10.7. The first kappa shape index (κ1) is 34.0. The number of rotatable bonds is 7. The highest BCUT2D eigenvalue weighted by Gasteiger charge is 2.34. The number of anilines is 1. The van der Waals surface area contributed by atoms with Gasteiger partial charge in [-0.15, -0.1) is 19.1 Å². The maximum absolute atomic E-state index is 13.2. The minimum atomic E-state index is -4.84. The van der Waals surface area contributed by atoms with E-state index in [-0.39, 0.29) is 18.0 Å². The lowest BCUT2D eigenvalue weighted by molar-refractivity contribution is -0.274. The van der Waals surface area contributed by atoms with Crippen molar-refractivity contribution in [2.24, 2.45) is 0 Å². The lowest BCUT2D eigenvalue weighted by Crippen LogP contribution is -2.43. The molecule has 228 valence electrons. The van der Waals surface area contributed by atoms with E-state index in [0.29, 0.717) is 34.6 Å². The van der Waals surface area contributed by atoms with Gasteiger partial charge in [0.15, 0.2) is 0 Å². The highest BCUT2D eigenvalue weighted by Crippen LogP contribution is 2.36. The van der Waals surface area contributed by atoms with E-state index in [1.807, 2.05) is 18.9 Å².